The second-order valence-corrected chi connectivity index (χ2v) is 6.81. The van der Waals surface area contributed by atoms with Gasteiger partial charge in [-0.15, -0.1) is 6.58 Å². The lowest BCUT2D eigenvalue weighted by Gasteiger charge is -2.08. The lowest BCUT2D eigenvalue weighted by molar-refractivity contribution is -0.384. The summed E-state index contributed by atoms with van der Waals surface area (Å²) in [4.78, 5) is 9.71. The highest BCUT2D eigenvalue weighted by molar-refractivity contribution is 14.1. The number of non-ortho nitro benzene ring substituents is 1. The Labute approximate surface area is 157 Å². The standard InChI is InChI=1S/C11H13BrO.C6H4INO2/c1-2-5-10(13)8-9-6-3-4-7-11(9)12;7-5-1-3-6(4-2-5)8(9)10/h2-4,6-7,10,13H,1,5,8H2;1-4H. The third kappa shape index (κ3) is 7.71. The first-order valence-electron chi connectivity index (χ1n) is 6.86. The molecule has 1 atom stereocenters. The molecule has 0 saturated carbocycles. The summed E-state index contributed by atoms with van der Waals surface area (Å²) in [6, 6.07) is 14.3. The number of aliphatic hydroxyl groups excluding tert-OH is 1. The van der Waals surface area contributed by atoms with Gasteiger partial charge in [-0.2, -0.15) is 0 Å². The molecule has 0 aliphatic carbocycles. The van der Waals surface area contributed by atoms with Crippen molar-refractivity contribution in [2.24, 2.45) is 0 Å². The van der Waals surface area contributed by atoms with Crippen LogP contribution in [0.3, 0.4) is 0 Å². The van der Waals surface area contributed by atoms with Gasteiger partial charge in [0.2, 0.25) is 0 Å². The van der Waals surface area contributed by atoms with Crippen molar-refractivity contribution in [1.29, 1.82) is 0 Å². The minimum Gasteiger partial charge on any atom is -0.392 e. The molecular formula is C17H17BrINO3. The number of aliphatic hydroxyl groups is 1. The molecule has 0 aliphatic heterocycles. The van der Waals surface area contributed by atoms with E-state index in [9.17, 15) is 15.2 Å². The predicted molar refractivity (Wildman–Crippen MR) is 104 cm³/mol. The molecule has 0 fully saturated rings. The first kappa shape index (κ1) is 19.8. The summed E-state index contributed by atoms with van der Waals surface area (Å²) in [6.07, 6.45) is 2.73. The van der Waals surface area contributed by atoms with Gasteiger partial charge in [0, 0.05) is 20.2 Å². The Hall–Kier alpha value is -1.25. The molecular weight excluding hydrogens is 473 g/mol. The molecule has 1 N–H and O–H groups in total. The summed E-state index contributed by atoms with van der Waals surface area (Å²) in [5.41, 5.74) is 1.28. The van der Waals surface area contributed by atoms with Crippen molar-refractivity contribution in [2.75, 3.05) is 0 Å². The van der Waals surface area contributed by atoms with E-state index >= 15 is 0 Å². The summed E-state index contributed by atoms with van der Waals surface area (Å²) in [5, 5.41) is 19.7. The average Bonchev–Trinajstić information content (AvgIpc) is 2.51. The molecule has 0 radical (unpaired) electrons. The Morgan fingerprint density at radius 2 is 1.87 bits per heavy atom. The third-order valence-corrected chi connectivity index (χ3v) is 4.38. The van der Waals surface area contributed by atoms with Gasteiger partial charge >= 0.3 is 0 Å². The van der Waals surface area contributed by atoms with Crippen LogP contribution in [0, 0.1) is 13.7 Å². The minimum atomic E-state index is -0.407. The molecule has 2 rings (SSSR count). The molecule has 0 aliphatic rings. The Kier molecular flexibility index (Phi) is 9.05. The number of halogens is 2. The maximum atomic E-state index is 10.1. The van der Waals surface area contributed by atoms with E-state index in [0.29, 0.717) is 12.8 Å². The zero-order valence-corrected chi connectivity index (χ0v) is 16.1. The Morgan fingerprint density at radius 3 is 2.39 bits per heavy atom. The molecule has 0 saturated heterocycles. The average molecular weight is 490 g/mol. The lowest BCUT2D eigenvalue weighted by Crippen LogP contribution is -2.09. The molecule has 122 valence electrons. The van der Waals surface area contributed by atoms with Gasteiger partial charge in [-0.3, -0.25) is 10.1 Å². The number of nitrogens with zero attached hydrogens (tertiary/aromatic N) is 1. The third-order valence-electron chi connectivity index (χ3n) is 2.89. The van der Waals surface area contributed by atoms with Crippen LogP contribution >= 0.6 is 38.5 Å². The van der Waals surface area contributed by atoms with Crippen molar-refractivity contribution in [2.45, 2.75) is 18.9 Å². The quantitative estimate of drug-likeness (QED) is 0.274. The number of hydrogen-bond donors (Lipinski definition) is 1. The number of benzene rings is 2. The fourth-order valence-electron chi connectivity index (χ4n) is 1.76. The van der Waals surface area contributed by atoms with E-state index in [-0.39, 0.29) is 11.8 Å². The van der Waals surface area contributed by atoms with Gasteiger partial charge in [-0.25, -0.2) is 0 Å². The van der Waals surface area contributed by atoms with Crippen molar-refractivity contribution < 1.29 is 10.0 Å². The maximum absolute atomic E-state index is 10.1. The van der Waals surface area contributed by atoms with Gasteiger partial charge in [0.15, 0.2) is 0 Å². The number of rotatable bonds is 5. The Bertz CT molecular complexity index is 647. The van der Waals surface area contributed by atoms with E-state index in [1.807, 2.05) is 24.3 Å². The zero-order valence-electron chi connectivity index (χ0n) is 12.4. The van der Waals surface area contributed by atoms with Crippen molar-refractivity contribution in [3.8, 4) is 0 Å². The van der Waals surface area contributed by atoms with Crippen LogP contribution in [-0.2, 0) is 6.42 Å². The van der Waals surface area contributed by atoms with Crippen LogP contribution < -0.4 is 0 Å². The van der Waals surface area contributed by atoms with Crippen LogP contribution in [0.5, 0.6) is 0 Å². The van der Waals surface area contributed by atoms with Gasteiger partial charge in [0.05, 0.1) is 11.0 Å². The molecule has 1 unspecified atom stereocenters. The van der Waals surface area contributed by atoms with Gasteiger partial charge in [-0.05, 0) is 59.2 Å². The van der Waals surface area contributed by atoms with Gasteiger partial charge in [0.25, 0.3) is 5.69 Å². The van der Waals surface area contributed by atoms with Crippen molar-refractivity contribution in [3.05, 3.63) is 84.9 Å². The number of hydrogen-bond acceptors (Lipinski definition) is 3. The fraction of sp³-hybridized carbons (Fsp3) is 0.176. The van der Waals surface area contributed by atoms with Crippen molar-refractivity contribution >= 4 is 44.2 Å². The molecule has 2 aromatic carbocycles. The molecule has 23 heavy (non-hydrogen) atoms. The molecule has 0 spiro atoms. The summed E-state index contributed by atoms with van der Waals surface area (Å²) in [5.74, 6) is 0. The van der Waals surface area contributed by atoms with Crippen molar-refractivity contribution in [3.63, 3.8) is 0 Å². The summed E-state index contributed by atoms with van der Waals surface area (Å²) >= 11 is 5.54. The van der Waals surface area contributed by atoms with Gasteiger partial charge in [0.1, 0.15) is 0 Å². The molecule has 0 amide bonds. The SMILES string of the molecule is C=CCC(O)Cc1ccccc1Br.O=[N+]([O-])c1ccc(I)cc1. The molecule has 4 nitrogen and oxygen atoms in total. The highest BCUT2D eigenvalue weighted by Crippen LogP contribution is 2.18. The van der Waals surface area contributed by atoms with E-state index in [1.165, 1.54) is 12.1 Å². The highest BCUT2D eigenvalue weighted by atomic mass is 127. The second-order valence-electron chi connectivity index (χ2n) is 4.71. The molecule has 0 aromatic heterocycles. The maximum Gasteiger partial charge on any atom is 0.269 e. The van der Waals surface area contributed by atoms with Crippen LogP contribution in [0.15, 0.2) is 65.7 Å². The van der Waals surface area contributed by atoms with E-state index in [1.54, 1.807) is 18.2 Å². The first-order chi connectivity index (χ1) is 10.9. The smallest absolute Gasteiger partial charge is 0.269 e. The van der Waals surface area contributed by atoms with Crippen LogP contribution in [0.2, 0.25) is 0 Å². The van der Waals surface area contributed by atoms with Gasteiger partial charge < -0.3 is 5.11 Å². The largest absolute Gasteiger partial charge is 0.392 e. The normalized spacial score (nSPS) is 11.1. The molecule has 0 bridgehead atoms. The van der Waals surface area contributed by atoms with Crippen LogP contribution in [0.4, 0.5) is 5.69 Å². The van der Waals surface area contributed by atoms with E-state index in [2.05, 4.69) is 45.1 Å². The number of nitro groups is 1. The summed E-state index contributed by atoms with van der Waals surface area (Å²) < 4.78 is 2.06. The topological polar surface area (TPSA) is 63.4 Å². The monoisotopic (exact) mass is 489 g/mol. The summed E-state index contributed by atoms with van der Waals surface area (Å²) in [7, 11) is 0. The van der Waals surface area contributed by atoms with E-state index < -0.39 is 4.92 Å². The lowest BCUT2D eigenvalue weighted by atomic mass is 10.1. The van der Waals surface area contributed by atoms with Gasteiger partial charge in [-0.1, -0.05) is 40.2 Å². The molecule has 6 heteroatoms. The fourth-order valence-corrected chi connectivity index (χ4v) is 2.56. The Morgan fingerprint density at radius 1 is 1.26 bits per heavy atom. The first-order valence-corrected chi connectivity index (χ1v) is 8.73. The second kappa shape index (κ2) is 10.5. The predicted octanol–water partition coefficient (Wildman–Crippen LogP) is 5.13. The zero-order chi connectivity index (χ0) is 17.2. The highest BCUT2D eigenvalue weighted by Gasteiger charge is 2.05. The molecule has 2 aromatic rings. The number of nitro benzene ring substituents is 1. The van der Waals surface area contributed by atoms with Crippen LogP contribution in [0.1, 0.15) is 12.0 Å². The van der Waals surface area contributed by atoms with Crippen LogP contribution in [-0.4, -0.2) is 16.1 Å². The van der Waals surface area contributed by atoms with Crippen molar-refractivity contribution in [1.82, 2.24) is 0 Å². The van der Waals surface area contributed by atoms with Crippen LogP contribution in [0.25, 0.3) is 0 Å². The minimum absolute atomic E-state index is 0.139. The van der Waals surface area contributed by atoms with E-state index in [0.717, 1.165) is 13.6 Å². The molecule has 0 heterocycles. The van der Waals surface area contributed by atoms with E-state index in [4.69, 9.17) is 0 Å². The Balaban J connectivity index is 0.000000238. The summed E-state index contributed by atoms with van der Waals surface area (Å²) in [6.45, 7) is 3.59.